The first-order chi connectivity index (χ1) is 18.0. The number of hydrogen-bond donors (Lipinski definition) is 0. The first-order valence-corrected chi connectivity index (χ1v) is 13.5. The van der Waals surface area contributed by atoms with Gasteiger partial charge in [0.25, 0.3) is 5.91 Å². The molecule has 5 nitrogen and oxygen atoms in total. The van der Waals surface area contributed by atoms with E-state index in [4.69, 9.17) is 22.1 Å². The van der Waals surface area contributed by atoms with Crippen LogP contribution in [0.15, 0.2) is 96.0 Å². The highest BCUT2D eigenvalue weighted by molar-refractivity contribution is 8.26. The maximum atomic E-state index is 13.5. The summed E-state index contributed by atoms with van der Waals surface area (Å²) in [7, 11) is 0. The van der Waals surface area contributed by atoms with Crippen LogP contribution in [0.4, 0.5) is 0 Å². The molecular formula is C30H27N3O2S2. The fraction of sp³-hybridized carbons (Fsp3) is 0.167. The average molecular weight is 526 g/mol. The minimum Gasteiger partial charge on any atom is -0.494 e. The molecule has 1 aliphatic heterocycles. The van der Waals surface area contributed by atoms with E-state index in [0.29, 0.717) is 15.8 Å². The molecule has 4 aromatic rings. The second kappa shape index (κ2) is 11.2. The van der Waals surface area contributed by atoms with Gasteiger partial charge in [-0.2, -0.15) is 5.10 Å². The third-order valence-electron chi connectivity index (χ3n) is 6.12. The Morgan fingerprint density at radius 1 is 1.03 bits per heavy atom. The zero-order chi connectivity index (χ0) is 25.8. The monoisotopic (exact) mass is 525 g/mol. The van der Waals surface area contributed by atoms with E-state index in [1.165, 1.54) is 11.8 Å². The van der Waals surface area contributed by atoms with Crippen LogP contribution < -0.4 is 4.74 Å². The topological polar surface area (TPSA) is 47.4 Å². The van der Waals surface area contributed by atoms with E-state index in [9.17, 15) is 4.79 Å². The summed E-state index contributed by atoms with van der Waals surface area (Å²) < 4.78 is 8.26. The lowest BCUT2D eigenvalue weighted by molar-refractivity contribution is -0.123. The molecule has 1 aromatic heterocycles. The number of rotatable bonds is 8. The maximum Gasteiger partial charge on any atom is 0.266 e. The van der Waals surface area contributed by atoms with Gasteiger partial charge in [0.2, 0.25) is 0 Å². The van der Waals surface area contributed by atoms with E-state index in [1.54, 1.807) is 4.90 Å². The molecule has 1 atom stereocenters. The van der Waals surface area contributed by atoms with Crippen molar-refractivity contribution in [2.45, 2.75) is 26.3 Å². The molecule has 7 heteroatoms. The Balaban J connectivity index is 1.54. The van der Waals surface area contributed by atoms with Gasteiger partial charge in [0.05, 0.1) is 23.2 Å². The Morgan fingerprint density at radius 3 is 2.49 bits per heavy atom. The van der Waals surface area contributed by atoms with Gasteiger partial charge in [-0.1, -0.05) is 91.6 Å². The van der Waals surface area contributed by atoms with Gasteiger partial charge in [-0.25, -0.2) is 4.68 Å². The van der Waals surface area contributed by atoms with E-state index < -0.39 is 0 Å². The molecule has 0 radical (unpaired) electrons. The van der Waals surface area contributed by atoms with Gasteiger partial charge in [0.1, 0.15) is 15.8 Å². The first kappa shape index (κ1) is 25.0. The molecule has 5 rings (SSSR count). The number of hydrogen-bond acceptors (Lipinski definition) is 5. The molecule has 1 unspecified atom stereocenters. The quantitative estimate of drug-likeness (QED) is 0.179. The van der Waals surface area contributed by atoms with Crippen LogP contribution >= 0.6 is 24.0 Å². The Hall–Kier alpha value is -3.68. The molecule has 2 heterocycles. The summed E-state index contributed by atoms with van der Waals surface area (Å²) in [6.45, 7) is 4.73. The predicted molar refractivity (Wildman–Crippen MR) is 155 cm³/mol. The van der Waals surface area contributed by atoms with Crippen molar-refractivity contribution in [3.05, 3.63) is 107 Å². The van der Waals surface area contributed by atoms with E-state index in [0.717, 1.165) is 40.2 Å². The summed E-state index contributed by atoms with van der Waals surface area (Å²) in [4.78, 5) is 15.8. The van der Waals surface area contributed by atoms with Crippen LogP contribution in [0.5, 0.6) is 5.75 Å². The molecule has 0 aliphatic carbocycles. The second-order valence-electron chi connectivity index (χ2n) is 8.73. The number of benzene rings is 3. The number of para-hydroxylation sites is 1. The Labute approximate surface area is 226 Å². The second-order valence-corrected chi connectivity index (χ2v) is 10.4. The number of carbonyl (C=O) groups is 1. The van der Waals surface area contributed by atoms with Crippen LogP contribution in [-0.2, 0) is 4.79 Å². The number of aromatic nitrogens is 2. The minimum absolute atomic E-state index is 0.0928. The number of nitrogens with zero attached hydrogens (tertiary/aromatic N) is 3. The normalized spacial score (nSPS) is 15.4. The number of amides is 1. The average Bonchev–Trinajstić information content (AvgIpc) is 3.48. The third-order valence-corrected chi connectivity index (χ3v) is 7.45. The lowest BCUT2D eigenvalue weighted by Gasteiger charge is -2.23. The van der Waals surface area contributed by atoms with Crippen molar-refractivity contribution >= 4 is 40.3 Å². The van der Waals surface area contributed by atoms with Crippen LogP contribution in [0.25, 0.3) is 23.0 Å². The van der Waals surface area contributed by atoms with Crippen molar-refractivity contribution < 1.29 is 9.53 Å². The van der Waals surface area contributed by atoms with Crippen molar-refractivity contribution in [2.75, 3.05) is 6.61 Å². The van der Waals surface area contributed by atoms with Crippen LogP contribution in [0.3, 0.4) is 0 Å². The van der Waals surface area contributed by atoms with Crippen molar-refractivity contribution in [3.63, 3.8) is 0 Å². The summed E-state index contributed by atoms with van der Waals surface area (Å²) in [6.07, 6.45) is 4.79. The van der Waals surface area contributed by atoms with E-state index >= 15 is 0 Å². The first-order valence-electron chi connectivity index (χ1n) is 12.3. The van der Waals surface area contributed by atoms with E-state index in [1.807, 2.05) is 109 Å². The largest absolute Gasteiger partial charge is 0.494 e. The lowest BCUT2D eigenvalue weighted by Crippen LogP contribution is -2.30. The van der Waals surface area contributed by atoms with Crippen molar-refractivity contribution in [1.82, 2.24) is 14.7 Å². The van der Waals surface area contributed by atoms with Crippen LogP contribution in [0.1, 0.15) is 37.4 Å². The van der Waals surface area contributed by atoms with Crippen molar-refractivity contribution in [3.8, 4) is 22.7 Å². The highest BCUT2D eigenvalue weighted by Crippen LogP contribution is 2.39. The Kier molecular flexibility index (Phi) is 7.53. The van der Waals surface area contributed by atoms with Gasteiger partial charge in [0.15, 0.2) is 0 Å². The van der Waals surface area contributed by atoms with Crippen LogP contribution in [-0.4, -0.2) is 31.5 Å². The van der Waals surface area contributed by atoms with Gasteiger partial charge in [0, 0.05) is 17.3 Å². The van der Waals surface area contributed by atoms with Gasteiger partial charge in [-0.3, -0.25) is 9.69 Å². The molecule has 37 heavy (non-hydrogen) atoms. The summed E-state index contributed by atoms with van der Waals surface area (Å²) >= 11 is 6.97. The molecule has 1 amide bonds. The number of thioether (sulfide) groups is 1. The SMILES string of the molecule is CCCOc1cccc(-c2nn(-c3ccccc3)cc2C=C2SC(=S)N(C(C)c3ccccc3)C2=O)c1. The standard InChI is InChI=1S/C30H27N3O2S2/c1-3-17-35-26-16-10-13-23(18-26)28-24(20-32(31-28)25-14-8-5-9-15-25)19-27-29(34)33(30(36)37-27)21(2)22-11-6-4-7-12-22/h4-16,18-21H,3,17H2,1-2H3. The Bertz CT molecular complexity index is 1450. The Morgan fingerprint density at radius 2 is 1.76 bits per heavy atom. The molecule has 1 saturated heterocycles. The van der Waals surface area contributed by atoms with Crippen LogP contribution in [0.2, 0.25) is 0 Å². The third kappa shape index (κ3) is 5.38. The minimum atomic E-state index is -0.154. The predicted octanol–water partition coefficient (Wildman–Crippen LogP) is 7.29. The number of carbonyl (C=O) groups excluding carboxylic acids is 1. The smallest absolute Gasteiger partial charge is 0.266 e. The van der Waals surface area contributed by atoms with E-state index in [-0.39, 0.29) is 11.9 Å². The van der Waals surface area contributed by atoms with Gasteiger partial charge < -0.3 is 4.74 Å². The summed E-state index contributed by atoms with van der Waals surface area (Å²) in [6, 6.07) is 27.6. The molecule has 186 valence electrons. The molecule has 0 bridgehead atoms. The lowest BCUT2D eigenvalue weighted by atomic mass is 10.1. The van der Waals surface area contributed by atoms with Gasteiger partial charge in [-0.05, 0) is 49.2 Å². The molecule has 3 aromatic carbocycles. The fourth-order valence-electron chi connectivity index (χ4n) is 4.22. The highest BCUT2D eigenvalue weighted by atomic mass is 32.2. The summed E-state index contributed by atoms with van der Waals surface area (Å²) in [5.74, 6) is 0.701. The van der Waals surface area contributed by atoms with Gasteiger partial charge >= 0.3 is 0 Å². The molecule has 1 fully saturated rings. The van der Waals surface area contributed by atoms with E-state index in [2.05, 4.69) is 6.92 Å². The van der Waals surface area contributed by atoms with Crippen molar-refractivity contribution in [2.24, 2.45) is 0 Å². The fourth-order valence-corrected chi connectivity index (χ4v) is 5.63. The molecule has 0 saturated carbocycles. The summed E-state index contributed by atoms with van der Waals surface area (Å²) in [5, 5.41) is 4.91. The molecule has 0 spiro atoms. The molecule has 0 N–H and O–H groups in total. The number of ether oxygens (including phenoxy) is 1. The number of thiocarbonyl (C=S) groups is 1. The van der Waals surface area contributed by atoms with Gasteiger partial charge in [-0.15, -0.1) is 0 Å². The zero-order valence-corrected chi connectivity index (χ0v) is 22.3. The maximum absolute atomic E-state index is 13.5. The zero-order valence-electron chi connectivity index (χ0n) is 20.7. The molecule has 1 aliphatic rings. The summed E-state index contributed by atoms with van der Waals surface area (Å²) in [5.41, 5.74) is 4.51. The highest BCUT2D eigenvalue weighted by Gasteiger charge is 2.36. The molecular weight excluding hydrogens is 498 g/mol. The van der Waals surface area contributed by atoms with Crippen molar-refractivity contribution in [1.29, 1.82) is 0 Å². The van der Waals surface area contributed by atoms with Crippen LogP contribution in [0, 0.1) is 0 Å².